The largest absolute Gasteiger partial charge is 0.377 e. The van der Waals surface area contributed by atoms with Crippen LogP contribution < -0.4 is 5.73 Å². The van der Waals surface area contributed by atoms with Gasteiger partial charge in [-0.05, 0) is 49.5 Å². The summed E-state index contributed by atoms with van der Waals surface area (Å²) < 4.78 is 5.89. The first-order valence-corrected chi connectivity index (χ1v) is 8.79. The Morgan fingerprint density at radius 1 is 1.10 bits per heavy atom. The predicted molar refractivity (Wildman–Crippen MR) is 89.4 cm³/mol. The van der Waals surface area contributed by atoms with Crippen LogP contribution in [0.4, 0.5) is 0 Å². The lowest BCUT2D eigenvalue weighted by Crippen LogP contribution is -2.62. The fourth-order valence-corrected chi connectivity index (χ4v) is 5.45. The molecule has 3 heteroatoms. The lowest BCUT2D eigenvalue weighted by Gasteiger charge is -2.56. The van der Waals surface area contributed by atoms with Crippen molar-refractivity contribution in [2.75, 3.05) is 26.2 Å². The second-order valence-corrected chi connectivity index (χ2v) is 8.96. The van der Waals surface area contributed by atoms with Gasteiger partial charge >= 0.3 is 0 Å². The molecule has 124 valence electrons. The molecule has 1 unspecified atom stereocenters. The van der Waals surface area contributed by atoms with Gasteiger partial charge in [-0.15, -0.1) is 0 Å². The maximum atomic E-state index is 6.35. The second-order valence-electron chi connectivity index (χ2n) is 8.96. The Balaban J connectivity index is 2.20. The lowest BCUT2D eigenvalue weighted by molar-refractivity contribution is -0.0590. The third-order valence-corrected chi connectivity index (χ3v) is 5.45. The van der Waals surface area contributed by atoms with Gasteiger partial charge in [-0.25, -0.2) is 0 Å². The smallest absolute Gasteiger partial charge is 0.0703 e. The van der Waals surface area contributed by atoms with E-state index >= 15 is 0 Å². The molecular formula is C18H36N2O. The first-order valence-electron chi connectivity index (χ1n) is 8.79. The number of hydrogen-bond donors (Lipinski definition) is 1. The molecule has 1 saturated heterocycles. The van der Waals surface area contributed by atoms with Crippen molar-refractivity contribution in [2.24, 2.45) is 16.6 Å². The molecule has 0 bridgehead atoms. The van der Waals surface area contributed by atoms with Crippen molar-refractivity contribution in [1.82, 2.24) is 4.90 Å². The van der Waals surface area contributed by atoms with Crippen molar-refractivity contribution in [2.45, 2.75) is 78.4 Å². The molecule has 1 heterocycles. The van der Waals surface area contributed by atoms with Gasteiger partial charge in [0.2, 0.25) is 0 Å². The van der Waals surface area contributed by atoms with Crippen molar-refractivity contribution in [1.29, 1.82) is 0 Å². The molecule has 2 N–H and O–H groups in total. The van der Waals surface area contributed by atoms with E-state index in [2.05, 4.69) is 39.5 Å². The van der Waals surface area contributed by atoms with Crippen LogP contribution in [0.2, 0.25) is 0 Å². The number of nitrogens with zero attached hydrogens (tertiary/aromatic N) is 1. The van der Waals surface area contributed by atoms with Crippen LogP contribution in [0.5, 0.6) is 0 Å². The minimum atomic E-state index is 0.145. The van der Waals surface area contributed by atoms with Gasteiger partial charge in [-0.1, -0.05) is 34.6 Å². The third-order valence-electron chi connectivity index (χ3n) is 5.45. The maximum Gasteiger partial charge on any atom is 0.0703 e. The lowest BCUT2D eigenvalue weighted by atomic mass is 9.58. The van der Waals surface area contributed by atoms with E-state index < -0.39 is 0 Å². The minimum absolute atomic E-state index is 0.145. The molecular weight excluding hydrogens is 260 g/mol. The zero-order valence-electron chi connectivity index (χ0n) is 14.9. The van der Waals surface area contributed by atoms with Crippen molar-refractivity contribution < 1.29 is 4.74 Å². The Morgan fingerprint density at radius 2 is 1.71 bits per heavy atom. The number of rotatable bonds is 5. The van der Waals surface area contributed by atoms with Crippen LogP contribution in [-0.2, 0) is 4.74 Å². The van der Waals surface area contributed by atoms with Crippen molar-refractivity contribution in [3.05, 3.63) is 0 Å². The highest BCUT2D eigenvalue weighted by Crippen LogP contribution is 2.51. The van der Waals surface area contributed by atoms with E-state index in [1.165, 1.54) is 32.1 Å². The van der Waals surface area contributed by atoms with Gasteiger partial charge in [0, 0.05) is 25.2 Å². The van der Waals surface area contributed by atoms with Crippen LogP contribution in [0.1, 0.15) is 66.7 Å². The Hall–Kier alpha value is -0.120. The fraction of sp³-hybridized carbons (Fsp3) is 1.00. The summed E-state index contributed by atoms with van der Waals surface area (Å²) >= 11 is 0. The first-order chi connectivity index (χ1) is 9.72. The first kappa shape index (κ1) is 17.2. The monoisotopic (exact) mass is 296 g/mol. The van der Waals surface area contributed by atoms with E-state index in [-0.39, 0.29) is 5.54 Å². The highest BCUT2D eigenvalue weighted by molar-refractivity contribution is 5.04. The molecule has 0 aromatic carbocycles. The van der Waals surface area contributed by atoms with Gasteiger partial charge < -0.3 is 10.5 Å². The molecule has 1 saturated carbocycles. The van der Waals surface area contributed by atoms with Crippen LogP contribution in [0.3, 0.4) is 0 Å². The summed E-state index contributed by atoms with van der Waals surface area (Å²) in [6, 6.07) is 0. The van der Waals surface area contributed by atoms with Gasteiger partial charge in [0.15, 0.2) is 0 Å². The second kappa shape index (κ2) is 6.17. The van der Waals surface area contributed by atoms with E-state index in [9.17, 15) is 0 Å². The van der Waals surface area contributed by atoms with Crippen molar-refractivity contribution >= 4 is 0 Å². The Kier molecular flexibility index (Phi) is 5.07. The van der Waals surface area contributed by atoms with Gasteiger partial charge in [0.05, 0.1) is 6.10 Å². The van der Waals surface area contributed by atoms with Gasteiger partial charge in [0.1, 0.15) is 0 Å². The Labute approximate surface area is 131 Å². The van der Waals surface area contributed by atoms with Crippen LogP contribution in [0.25, 0.3) is 0 Å². The molecule has 1 aliphatic heterocycles. The molecule has 0 aromatic rings. The summed E-state index contributed by atoms with van der Waals surface area (Å²) in [5.41, 5.74) is 7.23. The molecule has 2 aliphatic rings. The van der Waals surface area contributed by atoms with Crippen LogP contribution in [0.15, 0.2) is 0 Å². The van der Waals surface area contributed by atoms with E-state index in [1.807, 2.05) is 0 Å². The SMILES string of the molecule is CCN(CC1CCCO1)C1(CN)CC(C)(C)CC(C)(C)C1. The van der Waals surface area contributed by atoms with Crippen molar-refractivity contribution in [3.63, 3.8) is 0 Å². The van der Waals surface area contributed by atoms with Crippen LogP contribution >= 0.6 is 0 Å². The van der Waals surface area contributed by atoms with E-state index in [4.69, 9.17) is 10.5 Å². The van der Waals surface area contributed by atoms with Gasteiger partial charge in [0.25, 0.3) is 0 Å². The molecule has 21 heavy (non-hydrogen) atoms. The number of ether oxygens (including phenoxy) is 1. The average Bonchev–Trinajstić information content (AvgIpc) is 2.84. The molecule has 0 aromatic heterocycles. The number of likely N-dealkylation sites (N-methyl/N-ethyl adjacent to an activating group) is 1. The molecule has 2 rings (SSSR count). The molecule has 3 nitrogen and oxygen atoms in total. The van der Waals surface area contributed by atoms with E-state index in [0.29, 0.717) is 16.9 Å². The summed E-state index contributed by atoms with van der Waals surface area (Å²) in [5.74, 6) is 0. The highest BCUT2D eigenvalue weighted by atomic mass is 16.5. The summed E-state index contributed by atoms with van der Waals surface area (Å²) in [4.78, 5) is 2.64. The Bertz CT molecular complexity index is 329. The van der Waals surface area contributed by atoms with Crippen molar-refractivity contribution in [3.8, 4) is 0 Å². The normalized spacial score (nSPS) is 30.7. The quantitative estimate of drug-likeness (QED) is 0.845. The molecule has 2 fully saturated rings. The molecule has 0 amide bonds. The zero-order valence-corrected chi connectivity index (χ0v) is 14.9. The minimum Gasteiger partial charge on any atom is -0.377 e. The zero-order chi connectivity index (χ0) is 15.7. The fourth-order valence-electron chi connectivity index (χ4n) is 5.45. The van der Waals surface area contributed by atoms with E-state index in [1.54, 1.807) is 0 Å². The van der Waals surface area contributed by atoms with Gasteiger partial charge in [-0.2, -0.15) is 0 Å². The highest BCUT2D eigenvalue weighted by Gasteiger charge is 2.49. The summed E-state index contributed by atoms with van der Waals surface area (Å²) in [5, 5.41) is 0. The van der Waals surface area contributed by atoms with Gasteiger partial charge in [-0.3, -0.25) is 4.90 Å². The topological polar surface area (TPSA) is 38.5 Å². The van der Waals surface area contributed by atoms with E-state index in [0.717, 1.165) is 26.2 Å². The number of hydrogen-bond acceptors (Lipinski definition) is 3. The predicted octanol–water partition coefficient (Wildman–Crippen LogP) is 3.42. The molecule has 0 radical (unpaired) electrons. The standard InChI is InChI=1S/C18H36N2O/c1-6-20(10-15-8-7-9-21-15)18(14-19)12-16(2,3)11-17(4,5)13-18/h15H,6-14,19H2,1-5H3. The summed E-state index contributed by atoms with van der Waals surface area (Å²) in [7, 11) is 0. The third kappa shape index (κ3) is 4.00. The molecule has 1 atom stereocenters. The maximum absolute atomic E-state index is 6.35. The van der Waals surface area contributed by atoms with Crippen LogP contribution in [0, 0.1) is 10.8 Å². The molecule has 1 aliphatic carbocycles. The average molecular weight is 296 g/mol. The number of nitrogens with two attached hydrogens (primary N) is 1. The van der Waals surface area contributed by atoms with Crippen LogP contribution in [-0.4, -0.2) is 42.8 Å². The Morgan fingerprint density at radius 3 is 2.14 bits per heavy atom. The molecule has 0 spiro atoms. The summed E-state index contributed by atoms with van der Waals surface area (Å²) in [6.45, 7) is 15.8. The summed E-state index contributed by atoms with van der Waals surface area (Å²) in [6.07, 6.45) is 6.56.